The van der Waals surface area contributed by atoms with E-state index in [0.29, 0.717) is 22.8 Å². The van der Waals surface area contributed by atoms with Gasteiger partial charge in [-0.3, -0.25) is 0 Å². The fourth-order valence-electron chi connectivity index (χ4n) is 3.05. The van der Waals surface area contributed by atoms with Crippen LogP contribution in [-0.4, -0.2) is 36.1 Å². The van der Waals surface area contributed by atoms with Crippen LogP contribution in [0.4, 0.5) is 0 Å². The Morgan fingerprint density at radius 3 is 2.09 bits per heavy atom. The summed E-state index contributed by atoms with van der Waals surface area (Å²) in [5, 5.41) is 22.6. The predicted octanol–water partition coefficient (Wildman–Crippen LogP) is 2.42. The standard InChI is InChI=1S/C17H20O5/c1-17(2,19)16-12(18)11-13(20-3)9-7-5-6-8-10(9)14(21-4)15(11)22-16/h5-8,12,16,18-19H,1-4H3/t12-,16+/m1/s1. The number of ether oxygens (including phenoxy) is 3. The van der Waals surface area contributed by atoms with Crippen LogP contribution in [-0.2, 0) is 0 Å². The summed E-state index contributed by atoms with van der Waals surface area (Å²) in [5.41, 5.74) is -0.689. The molecule has 2 N–H and O–H groups in total. The van der Waals surface area contributed by atoms with Crippen LogP contribution in [0.3, 0.4) is 0 Å². The van der Waals surface area contributed by atoms with Crippen molar-refractivity contribution < 1.29 is 24.4 Å². The zero-order chi connectivity index (χ0) is 16.1. The van der Waals surface area contributed by atoms with Gasteiger partial charge in [0, 0.05) is 10.8 Å². The molecule has 0 aliphatic carbocycles. The number of benzene rings is 2. The lowest BCUT2D eigenvalue weighted by atomic mass is 9.92. The van der Waals surface area contributed by atoms with Gasteiger partial charge in [-0.25, -0.2) is 0 Å². The number of methoxy groups -OCH3 is 2. The highest BCUT2D eigenvalue weighted by Gasteiger charge is 2.46. The minimum Gasteiger partial charge on any atom is -0.496 e. The molecule has 0 spiro atoms. The van der Waals surface area contributed by atoms with E-state index in [1.54, 1.807) is 28.1 Å². The summed E-state index contributed by atoms with van der Waals surface area (Å²) in [4.78, 5) is 0. The van der Waals surface area contributed by atoms with E-state index < -0.39 is 17.8 Å². The third-order valence-electron chi connectivity index (χ3n) is 4.04. The highest BCUT2D eigenvalue weighted by molar-refractivity contribution is 5.97. The average Bonchev–Trinajstić information content (AvgIpc) is 2.82. The van der Waals surface area contributed by atoms with Gasteiger partial charge in [-0.15, -0.1) is 0 Å². The zero-order valence-electron chi connectivity index (χ0n) is 13.1. The molecule has 1 aliphatic rings. The van der Waals surface area contributed by atoms with Crippen molar-refractivity contribution in [1.29, 1.82) is 0 Å². The first-order valence-corrected chi connectivity index (χ1v) is 7.13. The Hall–Kier alpha value is -1.98. The van der Waals surface area contributed by atoms with Crippen molar-refractivity contribution in [2.75, 3.05) is 14.2 Å². The minimum absolute atomic E-state index is 0.428. The largest absolute Gasteiger partial charge is 0.496 e. The van der Waals surface area contributed by atoms with Crippen LogP contribution in [0.2, 0.25) is 0 Å². The van der Waals surface area contributed by atoms with E-state index in [1.165, 1.54) is 0 Å². The second-order valence-electron chi connectivity index (χ2n) is 5.99. The first-order valence-electron chi connectivity index (χ1n) is 7.13. The maximum Gasteiger partial charge on any atom is 0.172 e. The third-order valence-corrected chi connectivity index (χ3v) is 4.04. The lowest BCUT2D eigenvalue weighted by Gasteiger charge is -2.27. The normalized spacial score (nSPS) is 20.6. The predicted molar refractivity (Wildman–Crippen MR) is 82.7 cm³/mol. The van der Waals surface area contributed by atoms with E-state index in [2.05, 4.69) is 0 Å². The molecule has 5 heteroatoms. The first-order chi connectivity index (χ1) is 10.4. The van der Waals surface area contributed by atoms with Gasteiger partial charge in [-0.05, 0) is 13.8 Å². The molecule has 0 aromatic heterocycles. The van der Waals surface area contributed by atoms with Crippen molar-refractivity contribution in [1.82, 2.24) is 0 Å². The SMILES string of the molecule is COc1c2c(c(OC)c3ccccc13)[C@@H](O)[C@@H](C(C)(C)O)O2. The van der Waals surface area contributed by atoms with E-state index in [9.17, 15) is 10.2 Å². The second kappa shape index (κ2) is 5.04. The molecule has 1 aliphatic heterocycles. The minimum atomic E-state index is -1.21. The van der Waals surface area contributed by atoms with E-state index in [4.69, 9.17) is 14.2 Å². The summed E-state index contributed by atoms with van der Waals surface area (Å²) < 4.78 is 16.9. The Balaban J connectivity index is 2.34. The smallest absolute Gasteiger partial charge is 0.172 e. The van der Waals surface area contributed by atoms with E-state index in [1.807, 2.05) is 24.3 Å². The molecule has 2 aromatic carbocycles. The Morgan fingerprint density at radius 1 is 1.05 bits per heavy atom. The second-order valence-corrected chi connectivity index (χ2v) is 5.99. The molecular weight excluding hydrogens is 284 g/mol. The topological polar surface area (TPSA) is 68.2 Å². The molecule has 0 saturated carbocycles. The molecular formula is C17H20O5. The van der Waals surface area contributed by atoms with Crippen molar-refractivity contribution in [2.24, 2.45) is 0 Å². The van der Waals surface area contributed by atoms with Gasteiger partial charge in [0.25, 0.3) is 0 Å². The van der Waals surface area contributed by atoms with Gasteiger partial charge >= 0.3 is 0 Å². The molecule has 118 valence electrons. The molecule has 0 radical (unpaired) electrons. The Bertz CT molecular complexity index is 717. The van der Waals surface area contributed by atoms with Crippen LogP contribution in [0.15, 0.2) is 24.3 Å². The number of aliphatic hydroxyl groups is 2. The van der Waals surface area contributed by atoms with Crippen LogP contribution < -0.4 is 14.2 Å². The third kappa shape index (κ3) is 2.01. The maximum absolute atomic E-state index is 10.6. The van der Waals surface area contributed by atoms with E-state index in [-0.39, 0.29) is 0 Å². The summed E-state index contributed by atoms with van der Waals surface area (Å²) in [6.45, 7) is 3.21. The fourth-order valence-corrected chi connectivity index (χ4v) is 3.05. The molecule has 5 nitrogen and oxygen atoms in total. The lowest BCUT2D eigenvalue weighted by molar-refractivity contribution is -0.0767. The van der Waals surface area contributed by atoms with Gasteiger partial charge in [-0.1, -0.05) is 24.3 Å². The average molecular weight is 304 g/mol. The number of aliphatic hydroxyl groups excluding tert-OH is 1. The van der Waals surface area contributed by atoms with Crippen LogP contribution in [0, 0.1) is 0 Å². The summed E-state index contributed by atoms with van der Waals surface area (Å²) in [6, 6.07) is 7.60. The van der Waals surface area contributed by atoms with E-state index >= 15 is 0 Å². The summed E-state index contributed by atoms with van der Waals surface area (Å²) >= 11 is 0. The van der Waals surface area contributed by atoms with Crippen LogP contribution >= 0.6 is 0 Å². The number of rotatable bonds is 3. The first kappa shape index (κ1) is 14.9. The van der Waals surface area contributed by atoms with Gasteiger partial charge in [-0.2, -0.15) is 0 Å². The van der Waals surface area contributed by atoms with Gasteiger partial charge in [0.1, 0.15) is 11.9 Å². The van der Waals surface area contributed by atoms with Crippen LogP contribution in [0.1, 0.15) is 25.5 Å². The summed E-state index contributed by atoms with van der Waals surface area (Å²) in [6.07, 6.45) is -1.79. The number of fused-ring (bicyclic) bond motifs is 2. The Labute approximate surface area is 129 Å². The van der Waals surface area contributed by atoms with Gasteiger partial charge < -0.3 is 24.4 Å². The van der Waals surface area contributed by atoms with E-state index in [0.717, 1.165) is 10.8 Å². The number of hydrogen-bond acceptors (Lipinski definition) is 5. The Kier molecular flexibility index (Phi) is 3.42. The molecule has 0 bridgehead atoms. The van der Waals surface area contributed by atoms with Crippen molar-refractivity contribution in [3.8, 4) is 17.2 Å². The van der Waals surface area contributed by atoms with Crippen molar-refractivity contribution in [2.45, 2.75) is 31.7 Å². The van der Waals surface area contributed by atoms with Crippen LogP contribution in [0.25, 0.3) is 10.8 Å². The zero-order valence-corrected chi connectivity index (χ0v) is 13.1. The molecule has 0 saturated heterocycles. The van der Waals surface area contributed by atoms with Crippen LogP contribution in [0.5, 0.6) is 17.2 Å². The monoisotopic (exact) mass is 304 g/mol. The van der Waals surface area contributed by atoms with Crippen molar-refractivity contribution in [3.63, 3.8) is 0 Å². The van der Waals surface area contributed by atoms with Crippen molar-refractivity contribution in [3.05, 3.63) is 29.8 Å². The molecule has 3 rings (SSSR count). The van der Waals surface area contributed by atoms with Gasteiger partial charge in [0.2, 0.25) is 0 Å². The highest BCUT2D eigenvalue weighted by Crippen LogP contribution is 2.54. The molecule has 0 amide bonds. The fraction of sp³-hybridized carbons (Fsp3) is 0.412. The number of hydrogen-bond donors (Lipinski definition) is 2. The molecule has 2 aromatic rings. The van der Waals surface area contributed by atoms with Gasteiger partial charge in [0.05, 0.1) is 25.4 Å². The molecule has 0 unspecified atom stereocenters. The lowest BCUT2D eigenvalue weighted by Crippen LogP contribution is -2.41. The highest BCUT2D eigenvalue weighted by atomic mass is 16.5. The summed E-state index contributed by atoms with van der Waals surface area (Å²) in [5.74, 6) is 1.51. The Morgan fingerprint density at radius 2 is 1.59 bits per heavy atom. The van der Waals surface area contributed by atoms with Crippen molar-refractivity contribution >= 4 is 10.8 Å². The maximum atomic E-state index is 10.6. The molecule has 22 heavy (non-hydrogen) atoms. The quantitative estimate of drug-likeness (QED) is 0.911. The summed E-state index contributed by atoms with van der Waals surface area (Å²) in [7, 11) is 3.11. The molecule has 2 atom stereocenters. The molecule has 1 heterocycles. The molecule has 0 fully saturated rings. The van der Waals surface area contributed by atoms with Gasteiger partial charge in [0.15, 0.2) is 17.6 Å².